The Morgan fingerprint density at radius 1 is 0.308 bits per heavy atom. The van der Waals surface area contributed by atoms with Crippen molar-refractivity contribution in [2.24, 2.45) is 29.6 Å². The topological polar surface area (TPSA) is 246 Å². The number of carboxylic acid groups (broad SMARTS) is 1. The summed E-state index contributed by atoms with van der Waals surface area (Å²) >= 11 is 0. The van der Waals surface area contributed by atoms with Crippen molar-refractivity contribution >= 4 is 45.8 Å². The number of aliphatic carboxylic acids is 1. The van der Waals surface area contributed by atoms with Crippen LogP contribution in [0.4, 0.5) is 39.8 Å². The van der Waals surface area contributed by atoms with Gasteiger partial charge < -0.3 is 70.0 Å². The molecule has 0 aromatic carbocycles. The number of aliphatic hydroxyl groups excluding tert-OH is 4. The van der Waals surface area contributed by atoms with E-state index >= 15 is 0 Å². The van der Waals surface area contributed by atoms with Crippen LogP contribution >= 0.6 is 0 Å². The second-order valence-corrected chi connectivity index (χ2v) is 36.6. The number of pyridine rings is 7. The first kappa shape index (κ1) is 97.3. The number of aromatic nitrogens is 7. The number of piperidine rings is 5. The molecule has 7 saturated heterocycles. The predicted molar refractivity (Wildman–Crippen MR) is 498 cm³/mol. The third kappa shape index (κ3) is 31.3. The van der Waals surface area contributed by atoms with Gasteiger partial charge in [0.05, 0.1) is 107 Å². The lowest BCUT2D eigenvalue weighted by Gasteiger charge is -2.34. The average Bonchev–Trinajstić information content (AvgIpc) is 0.890. The summed E-state index contributed by atoms with van der Waals surface area (Å²) in [5, 5.41) is 50.2. The molecule has 3 atom stereocenters. The minimum atomic E-state index is -0.664. The summed E-state index contributed by atoms with van der Waals surface area (Å²) in [5.74, 6) is 4.46. The van der Waals surface area contributed by atoms with Crippen molar-refractivity contribution < 1.29 is 30.3 Å². The van der Waals surface area contributed by atoms with Gasteiger partial charge in [0.2, 0.25) is 0 Å². The van der Waals surface area contributed by atoms with Crippen LogP contribution in [0.2, 0.25) is 0 Å². The lowest BCUT2D eigenvalue weighted by Crippen LogP contribution is -2.44. The Balaban J connectivity index is 0.000000174. The van der Waals surface area contributed by atoms with E-state index in [-0.39, 0.29) is 24.2 Å². The molecule has 1 unspecified atom stereocenters. The van der Waals surface area contributed by atoms with Crippen LogP contribution in [0.15, 0.2) is 128 Å². The molecule has 0 radical (unpaired) electrons. The van der Waals surface area contributed by atoms with E-state index in [0.717, 1.165) is 216 Å². The number of nitrogens with zero attached hydrogens (tertiary/aromatic N) is 15. The molecule has 0 saturated carbocycles. The number of hydrogen-bond donors (Lipinski definition) is 6. The number of nitrogens with one attached hydrogen (secondary N) is 1. The van der Waals surface area contributed by atoms with Crippen LogP contribution in [0.1, 0.15) is 263 Å². The van der Waals surface area contributed by atoms with Gasteiger partial charge in [-0.2, -0.15) is 0 Å². The zero-order valence-electron chi connectivity index (χ0n) is 76.6. The minimum absolute atomic E-state index is 0.173. The van der Waals surface area contributed by atoms with E-state index in [9.17, 15) is 20.1 Å². The summed E-state index contributed by atoms with van der Waals surface area (Å²) in [7, 11) is 2.18. The van der Waals surface area contributed by atoms with Crippen molar-refractivity contribution in [2.45, 2.75) is 242 Å². The van der Waals surface area contributed by atoms with E-state index in [1.54, 1.807) is 0 Å². The summed E-state index contributed by atoms with van der Waals surface area (Å²) in [5.41, 5.74) is 16.5. The highest BCUT2D eigenvalue weighted by Gasteiger charge is 2.29. The number of hydrogen-bond acceptors (Lipinski definition) is 21. The summed E-state index contributed by atoms with van der Waals surface area (Å²) in [6, 6.07) is 30.0. The molecule has 14 heterocycles. The first-order chi connectivity index (χ1) is 57.4. The predicted octanol–water partition coefficient (Wildman–Crippen LogP) is 16.9. The maximum absolute atomic E-state index is 10.9. The fraction of sp³-hybridized carbons (Fsp3) is 0.633. The molecule has 6 N–H and O–H groups in total. The Bertz CT molecular complexity index is 3730. The van der Waals surface area contributed by atoms with Gasteiger partial charge in [-0.05, 0) is 242 Å². The monoisotopic (exact) mass is 1650 g/mol. The Labute approximate surface area is 722 Å². The molecule has 0 spiro atoms. The molecule has 22 nitrogen and oxygen atoms in total. The fourth-order valence-corrected chi connectivity index (χ4v) is 16.1. The molecular weight excluding hydrogens is 1500 g/mol. The molecule has 7 aliphatic heterocycles. The summed E-state index contributed by atoms with van der Waals surface area (Å²) in [4.78, 5) is 61.3. The largest absolute Gasteiger partial charge is 0.481 e. The van der Waals surface area contributed by atoms with Crippen LogP contribution in [0.25, 0.3) is 0 Å². The molecule has 0 bridgehead atoms. The van der Waals surface area contributed by atoms with Crippen molar-refractivity contribution in [3.63, 3.8) is 0 Å². The Kier molecular flexibility index (Phi) is 40.4. The smallest absolute Gasteiger partial charge is 0.306 e. The van der Waals surface area contributed by atoms with Gasteiger partial charge in [-0.3, -0.25) is 39.7 Å². The van der Waals surface area contributed by atoms with Crippen molar-refractivity contribution in [3.8, 4) is 0 Å². The number of aliphatic hydroxyl groups is 4. The highest BCUT2D eigenvalue weighted by atomic mass is 16.4. The van der Waals surface area contributed by atoms with Gasteiger partial charge in [0, 0.05) is 164 Å². The number of carbonyl (C=O) groups is 1. The molecule has 120 heavy (non-hydrogen) atoms. The third-order valence-electron chi connectivity index (χ3n) is 25.1. The van der Waals surface area contributed by atoms with Crippen molar-refractivity contribution in [1.29, 1.82) is 0 Å². The normalized spacial score (nSPS) is 18.3. The molecule has 7 aromatic rings. The molecule has 7 fully saturated rings. The van der Waals surface area contributed by atoms with Crippen molar-refractivity contribution in [3.05, 3.63) is 168 Å². The molecule has 0 amide bonds. The molecule has 662 valence electrons. The molecule has 7 aromatic heterocycles. The Morgan fingerprint density at radius 3 is 0.692 bits per heavy atom. The lowest BCUT2D eigenvalue weighted by atomic mass is 9.92. The van der Waals surface area contributed by atoms with Gasteiger partial charge in [-0.15, -0.1) is 0 Å². The fourth-order valence-electron chi connectivity index (χ4n) is 16.1. The molecule has 0 aliphatic carbocycles. The minimum Gasteiger partial charge on any atom is -0.481 e. The van der Waals surface area contributed by atoms with Gasteiger partial charge in [0.1, 0.15) is 0 Å². The number of carboxylic acids is 1. The summed E-state index contributed by atoms with van der Waals surface area (Å²) < 4.78 is 0. The summed E-state index contributed by atoms with van der Waals surface area (Å²) in [6.07, 6.45) is 23.4. The first-order valence-corrected chi connectivity index (χ1v) is 45.7. The zero-order chi connectivity index (χ0) is 87.0. The van der Waals surface area contributed by atoms with Crippen molar-refractivity contribution in [1.82, 2.24) is 45.1 Å². The van der Waals surface area contributed by atoms with Crippen LogP contribution in [0.5, 0.6) is 0 Å². The van der Waals surface area contributed by atoms with Gasteiger partial charge in [-0.1, -0.05) is 96.9 Å². The Morgan fingerprint density at radius 2 is 0.508 bits per heavy atom. The first-order valence-electron chi connectivity index (χ1n) is 45.7. The van der Waals surface area contributed by atoms with Crippen LogP contribution in [0.3, 0.4) is 0 Å². The SMILES string of the molecule is CC(C)c1ccc(N2CCC(C(=O)O)CC2)cn1.CC(C)c1ccc(N2CCC(C(C)O)CC2)cn1.CC(C)c1ccc(N2CCC(CO)CC2)cn1.CC(C)c1ccc(N2CCC([C@@H](C)O)CC2)cn1.CC(C)c1ccc(N2CCC([C@H](C)O)CC2)cn1.CC(C)c1ccc(N2CCN(C)CC2)cn1.CC(C)c1ccc(N2CCNCC2)cn1. The maximum atomic E-state index is 10.9. The molecular formula is C98H154N16O6. The van der Waals surface area contributed by atoms with Gasteiger partial charge in [-0.25, -0.2) is 0 Å². The van der Waals surface area contributed by atoms with Crippen LogP contribution in [-0.2, 0) is 4.79 Å². The standard InChI is InChI=1S/3C15H24N2O.C14H20N2O2.C14H22N2O.C13H21N3.C12H19N3/c3*1-11(2)15-5-4-14(10-16-15)17-8-6-13(7-9-17)12(3)18;1-10(2)13-4-3-12(9-15-13)16-7-5-11(6-8-16)14(17)18;1-11(2)14-4-3-13(9-15-14)16-7-5-12(10-17)6-8-16;1-11(2)13-5-4-12(10-14-13)16-8-6-15(3)7-9-16;1-10(2)12-4-3-11(9-14-12)15-7-5-13-6-8-15/h3*4-5,10-13,18H,6-9H2,1-3H3;3-4,9-11H,5-8H2,1-2H3,(H,17,18);3-4,9,11-12,17H,5-8,10H2,1-2H3;4-5,10-11H,6-9H2,1-3H3;3-4,9-10,13H,5-8H2,1-2H3/t2*12-;;;;;/m10...../s1. The number of anilines is 7. The highest BCUT2D eigenvalue weighted by molar-refractivity contribution is 5.70. The van der Waals surface area contributed by atoms with E-state index < -0.39 is 5.97 Å². The van der Waals surface area contributed by atoms with Crippen LogP contribution < -0.4 is 39.6 Å². The average molecular weight is 1650 g/mol. The van der Waals surface area contributed by atoms with E-state index in [2.05, 4.69) is 268 Å². The zero-order valence-corrected chi connectivity index (χ0v) is 76.6. The third-order valence-corrected chi connectivity index (χ3v) is 25.1. The van der Waals surface area contributed by atoms with E-state index in [0.29, 0.717) is 71.7 Å². The maximum Gasteiger partial charge on any atom is 0.306 e. The number of likely N-dealkylation sites (N-methyl/N-ethyl adjacent to an activating group) is 1. The molecule has 7 aliphatic rings. The highest BCUT2D eigenvalue weighted by Crippen LogP contribution is 2.32. The molecule has 22 heteroatoms. The van der Waals surface area contributed by atoms with E-state index in [1.165, 1.54) is 45.5 Å². The van der Waals surface area contributed by atoms with Crippen LogP contribution in [-0.4, -0.2) is 221 Å². The quantitative estimate of drug-likeness (QED) is 0.0440. The lowest BCUT2D eigenvalue weighted by molar-refractivity contribution is -0.142. The van der Waals surface area contributed by atoms with Gasteiger partial charge in [0.25, 0.3) is 0 Å². The van der Waals surface area contributed by atoms with Crippen LogP contribution in [0, 0.1) is 29.6 Å². The number of rotatable bonds is 19. The van der Waals surface area contributed by atoms with Crippen molar-refractivity contribution in [2.75, 3.05) is 166 Å². The van der Waals surface area contributed by atoms with E-state index in [4.69, 9.17) is 10.2 Å². The molecule has 14 rings (SSSR count). The van der Waals surface area contributed by atoms with Gasteiger partial charge >= 0.3 is 5.97 Å². The number of piperazine rings is 2. The van der Waals surface area contributed by atoms with E-state index in [1.807, 2.05) is 64.1 Å². The summed E-state index contributed by atoms with van der Waals surface area (Å²) in [6.45, 7) is 55.0. The second kappa shape index (κ2) is 49.8. The Hall–Kier alpha value is -8.12. The van der Waals surface area contributed by atoms with Gasteiger partial charge in [0.15, 0.2) is 0 Å². The second-order valence-electron chi connectivity index (χ2n) is 36.6.